The molecular formula is C14H19FN2O. The Balaban J connectivity index is 2.21. The molecule has 1 aliphatic rings. The molecule has 1 atom stereocenters. The summed E-state index contributed by atoms with van der Waals surface area (Å²) in [6.45, 7) is 3.55. The minimum Gasteiger partial charge on any atom is -0.311 e. The summed E-state index contributed by atoms with van der Waals surface area (Å²) in [6.07, 6.45) is 1.84. The van der Waals surface area contributed by atoms with Gasteiger partial charge in [-0.15, -0.1) is 0 Å². The van der Waals surface area contributed by atoms with Crippen LogP contribution in [0.1, 0.15) is 19.8 Å². The highest BCUT2D eigenvalue weighted by Gasteiger charge is 2.31. The van der Waals surface area contributed by atoms with Crippen molar-refractivity contribution in [2.75, 3.05) is 25.0 Å². The summed E-state index contributed by atoms with van der Waals surface area (Å²) in [5.74, 6) is -0.220. The van der Waals surface area contributed by atoms with E-state index in [4.69, 9.17) is 0 Å². The molecule has 0 N–H and O–H groups in total. The Morgan fingerprint density at radius 2 is 2.28 bits per heavy atom. The van der Waals surface area contributed by atoms with E-state index in [1.54, 1.807) is 17.0 Å². The van der Waals surface area contributed by atoms with Crippen LogP contribution in [0, 0.1) is 5.82 Å². The fraction of sp³-hybridized carbons (Fsp3) is 0.500. The molecule has 3 nitrogen and oxygen atoms in total. The summed E-state index contributed by atoms with van der Waals surface area (Å²) < 4.78 is 13.2. The van der Waals surface area contributed by atoms with E-state index in [0.29, 0.717) is 12.2 Å². The van der Waals surface area contributed by atoms with Crippen molar-refractivity contribution in [3.8, 4) is 0 Å². The van der Waals surface area contributed by atoms with Crippen molar-refractivity contribution in [3.63, 3.8) is 0 Å². The molecule has 0 aromatic heterocycles. The second-order valence-electron chi connectivity index (χ2n) is 4.70. The highest BCUT2D eigenvalue weighted by atomic mass is 19.1. The summed E-state index contributed by atoms with van der Waals surface area (Å²) >= 11 is 0. The number of anilines is 1. The number of halogens is 1. The van der Waals surface area contributed by atoms with Crippen LogP contribution in [-0.2, 0) is 4.79 Å². The maximum Gasteiger partial charge on any atom is 0.244 e. The summed E-state index contributed by atoms with van der Waals surface area (Å²) in [5.41, 5.74) is 0.661. The van der Waals surface area contributed by atoms with Gasteiger partial charge in [-0.25, -0.2) is 4.39 Å². The normalized spacial score (nSPS) is 20.6. The van der Waals surface area contributed by atoms with Gasteiger partial charge in [0, 0.05) is 12.2 Å². The zero-order valence-electron chi connectivity index (χ0n) is 10.9. The monoisotopic (exact) mass is 250 g/mol. The molecule has 98 valence electrons. The van der Waals surface area contributed by atoms with Crippen molar-refractivity contribution in [2.24, 2.45) is 0 Å². The highest BCUT2D eigenvalue weighted by Crippen LogP contribution is 2.23. The first kappa shape index (κ1) is 13.0. The third-order valence-corrected chi connectivity index (χ3v) is 3.56. The van der Waals surface area contributed by atoms with Crippen LogP contribution in [0.15, 0.2) is 24.3 Å². The summed E-state index contributed by atoms with van der Waals surface area (Å²) in [4.78, 5) is 16.1. The standard InChI is InChI=1S/C14H19FN2O/c1-3-16(2)13-8-5-9-17(14(13)18)12-7-4-6-11(15)10-12/h4,6-7,10,13H,3,5,8-9H2,1-2H3. The number of nitrogens with zero attached hydrogens (tertiary/aromatic N) is 2. The van der Waals surface area contributed by atoms with Crippen molar-refractivity contribution >= 4 is 11.6 Å². The third kappa shape index (κ3) is 2.53. The average Bonchev–Trinajstić information content (AvgIpc) is 2.38. The molecule has 1 fully saturated rings. The minimum atomic E-state index is -0.300. The van der Waals surface area contributed by atoms with Gasteiger partial charge in [0.25, 0.3) is 0 Å². The Bertz CT molecular complexity index is 436. The fourth-order valence-corrected chi connectivity index (χ4v) is 2.39. The predicted octanol–water partition coefficient (Wildman–Crippen LogP) is 2.27. The predicted molar refractivity (Wildman–Crippen MR) is 70.1 cm³/mol. The van der Waals surface area contributed by atoms with Crippen LogP contribution in [0.4, 0.5) is 10.1 Å². The molecule has 0 spiro atoms. The number of likely N-dealkylation sites (N-methyl/N-ethyl adjacent to an activating group) is 1. The van der Waals surface area contributed by atoms with E-state index >= 15 is 0 Å². The Labute approximate surface area is 107 Å². The number of benzene rings is 1. The lowest BCUT2D eigenvalue weighted by Gasteiger charge is -2.36. The highest BCUT2D eigenvalue weighted by molar-refractivity contribution is 5.97. The van der Waals surface area contributed by atoms with Crippen LogP contribution in [0.2, 0.25) is 0 Å². The Morgan fingerprint density at radius 1 is 1.50 bits per heavy atom. The summed E-state index contributed by atoms with van der Waals surface area (Å²) in [5, 5.41) is 0. The quantitative estimate of drug-likeness (QED) is 0.821. The van der Waals surface area contributed by atoms with Crippen LogP contribution >= 0.6 is 0 Å². The Hall–Kier alpha value is -1.42. The van der Waals surface area contributed by atoms with Crippen molar-refractivity contribution in [2.45, 2.75) is 25.8 Å². The molecule has 1 aliphatic heterocycles. The lowest BCUT2D eigenvalue weighted by atomic mass is 10.0. The van der Waals surface area contributed by atoms with Gasteiger partial charge in [-0.05, 0) is 44.6 Å². The minimum absolute atomic E-state index is 0.0768. The number of hydrogen-bond donors (Lipinski definition) is 0. The molecule has 4 heteroatoms. The molecule has 1 amide bonds. The van der Waals surface area contributed by atoms with Crippen LogP contribution in [0.5, 0.6) is 0 Å². The van der Waals surface area contributed by atoms with E-state index < -0.39 is 0 Å². The maximum atomic E-state index is 13.2. The number of piperidine rings is 1. The number of carbonyl (C=O) groups is 1. The number of rotatable bonds is 3. The van der Waals surface area contributed by atoms with Crippen LogP contribution < -0.4 is 4.90 Å². The van der Waals surface area contributed by atoms with Gasteiger partial charge in [0.15, 0.2) is 0 Å². The van der Waals surface area contributed by atoms with Crippen molar-refractivity contribution in [1.82, 2.24) is 4.90 Å². The van der Waals surface area contributed by atoms with Crippen molar-refractivity contribution in [1.29, 1.82) is 0 Å². The molecule has 0 saturated carbocycles. The Kier molecular flexibility index (Phi) is 3.97. The van der Waals surface area contributed by atoms with Gasteiger partial charge in [0.05, 0.1) is 6.04 Å². The zero-order valence-corrected chi connectivity index (χ0v) is 10.9. The molecule has 0 bridgehead atoms. The van der Waals surface area contributed by atoms with Crippen LogP contribution in [0.25, 0.3) is 0 Å². The molecular weight excluding hydrogens is 231 g/mol. The number of carbonyl (C=O) groups excluding carboxylic acids is 1. The smallest absolute Gasteiger partial charge is 0.244 e. The van der Waals surface area contributed by atoms with Crippen molar-refractivity contribution in [3.05, 3.63) is 30.1 Å². The average molecular weight is 250 g/mol. The number of amides is 1. The second kappa shape index (κ2) is 5.48. The van der Waals surface area contributed by atoms with E-state index in [-0.39, 0.29) is 17.8 Å². The first-order chi connectivity index (χ1) is 8.63. The largest absolute Gasteiger partial charge is 0.311 e. The molecule has 1 aromatic carbocycles. The van der Waals surface area contributed by atoms with E-state index in [1.807, 2.05) is 18.9 Å². The van der Waals surface area contributed by atoms with Crippen LogP contribution in [0.3, 0.4) is 0 Å². The van der Waals surface area contributed by atoms with Gasteiger partial charge in [0.2, 0.25) is 5.91 Å². The lowest BCUT2D eigenvalue weighted by Crippen LogP contribution is -2.51. The van der Waals surface area contributed by atoms with Gasteiger partial charge in [-0.3, -0.25) is 9.69 Å². The number of hydrogen-bond acceptors (Lipinski definition) is 2. The zero-order chi connectivity index (χ0) is 13.1. The SMILES string of the molecule is CCN(C)C1CCCN(c2cccc(F)c2)C1=O. The molecule has 1 aromatic rings. The van der Waals surface area contributed by atoms with Crippen LogP contribution in [-0.4, -0.2) is 37.0 Å². The molecule has 1 saturated heterocycles. The van der Waals surface area contributed by atoms with E-state index in [0.717, 1.165) is 19.4 Å². The van der Waals surface area contributed by atoms with E-state index in [2.05, 4.69) is 0 Å². The molecule has 0 aliphatic carbocycles. The van der Waals surface area contributed by atoms with E-state index in [1.165, 1.54) is 12.1 Å². The molecule has 0 radical (unpaired) electrons. The van der Waals surface area contributed by atoms with Gasteiger partial charge in [-0.2, -0.15) is 0 Å². The molecule has 18 heavy (non-hydrogen) atoms. The summed E-state index contributed by atoms with van der Waals surface area (Å²) in [7, 11) is 1.96. The second-order valence-corrected chi connectivity index (χ2v) is 4.70. The van der Waals surface area contributed by atoms with Gasteiger partial charge in [0.1, 0.15) is 5.82 Å². The molecule has 2 rings (SSSR count). The third-order valence-electron chi connectivity index (χ3n) is 3.56. The maximum absolute atomic E-state index is 13.2. The lowest BCUT2D eigenvalue weighted by molar-refractivity contribution is -0.124. The van der Waals surface area contributed by atoms with Gasteiger partial charge >= 0.3 is 0 Å². The Morgan fingerprint density at radius 3 is 2.94 bits per heavy atom. The molecule has 1 unspecified atom stereocenters. The first-order valence-corrected chi connectivity index (χ1v) is 6.40. The van der Waals surface area contributed by atoms with Gasteiger partial charge in [-0.1, -0.05) is 13.0 Å². The fourth-order valence-electron chi connectivity index (χ4n) is 2.39. The summed E-state index contributed by atoms with van der Waals surface area (Å²) in [6, 6.07) is 6.17. The molecule has 1 heterocycles. The van der Waals surface area contributed by atoms with Gasteiger partial charge < -0.3 is 4.90 Å². The first-order valence-electron chi connectivity index (χ1n) is 6.40. The topological polar surface area (TPSA) is 23.6 Å². The van der Waals surface area contributed by atoms with E-state index in [9.17, 15) is 9.18 Å². The van der Waals surface area contributed by atoms with Crippen molar-refractivity contribution < 1.29 is 9.18 Å².